The first-order valence-electron chi connectivity index (χ1n) is 8.88. The van der Waals surface area contributed by atoms with Crippen molar-refractivity contribution < 1.29 is 9.53 Å². The maximum absolute atomic E-state index is 12.6. The minimum absolute atomic E-state index is 0.00604. The molecule has 8 heteroatoms. The quantitative estimate of drug-likeness (QED) is 0.738. The first kappa shape index (κ1) is 18.4. The van der Waals surface area contributed by atoms with Crippen LogP contribution in [0.3, 0.4) is 0 Å². The van der Waals surface area contributed by atoms with Crippen molar-refractivity contribution in [1.29, 1.82) is 0 Å². The molecule has 0 spiro atoms. The summed E-state index contributed by atoms with van der Waals surface area (Å²) in [5.41, 5.74) is 4.30. The van der Waals surface area contributed by atoms with Gasteiger partial charge >= 0.3 is 6.09 Å². The predicted molar refractivity (Wildman–Crippen MR) is 113 cm³/mol. The summed E-state index contributed by atoms with van der Waals surface area (Å²) in [4.78, 5) is 22.5. The van der Waals surface area contributed by atoms with Gasteiger partial charge in [-0.2, -0.15) is 0 Å². The molecule has 1 aromatic heterocycles. The number of hydrogen-bond donors (Lipinski definition) is 2. The minimum atomic E-state index is -0.297. The predicted octanol–water partition coefficient (Wildman–Crippen LogP) is 4.19. The van der Waals surface area contributed by atoms with Gasteiger partial charge in [0.25, 0.3) is 0 Å². The summed E-state index contributed by atoms with van der Waals surface area (Å²) in [5.74, 6) is 0. The van der Waals surface area contributed by atoms with Crippen LogP contribution < -0.4 is 5.32 Å². The van der Waals surface area contributed by atoms with Crippen LogP contribution in [0, 0.1) is 0 Å². The molecule has 1 aromatic carbocycles. The molecular weight excluding hydrogens is 428 g/mol. The van der Waals surface area contributed by atoms with E-state index in [1.807, 2.05) is 31.7 Å². The Hall–Kier alpha value is -1.93. The Bertz CT molecular complexity index is 939. The van der Waals surface area contributed by atoms with Gasteiger partial charge in [0.2, 0.25) is 0 Å². The Morgan fingerprint density at radius 1 is 1.48 bits per heavy atom. The number of aromatic nitrogens is 1. The van der Waals surface area contributed by atoms with Crippen molar-refractivity contribution in [2.75, 3.05) is 19.4 Å². The second kappa shape index (κ2) is 7.59. The maximum Gasteiger partial charge on any atom is 0.410 e. The van der Waals surface area contributed by atoms with Crippen molar-refractivity contribution in [2.45, 2.75) is 24.9 Å². The number of thioether (sulfide) groups is 1. The molecule has 0 fully saturated rings. The highest BCUT2D eigenvalue weighted by molar-refractivity contribution is 9.10. The third-order valence-electron chi connectivity index (χ3n) is 4.88. The molecule has 3 heterocycles. The summed E-state index contributed by atoms with van der Waals surface area (Å²) in [6, 6.07) is 5.97. The summed E-state index contributed by atoms with van der Waals surface area (Å²) in [7, 11) is 0. The molecule has 0 saturated carbocycles. The Morgan fingerprint density at radius 2 is 2.33 bits per heavy atom. The zero-order valence-electron chi connectivity index (χ0n) is 15.2. The summed E-state index contributed by atoms with van der Waals surface area (Å²) in [5, 5.41) is 4.48. The van der Waals surface area contributed by atoms with Gasteiger partial charge in [-0.05, 0) is 43.4 Å². The fourth-order valence-electron chi connectivity index (χ4n) is 3.69. The zero-order chi connectivity index (χ0) is 19.0. The highest BCUT2D eigenvalue weighted by Crippen LogP contribution is 2.39. The van der Waals surface area contributed by atoms with Gasteiger partial charge < -0.3 is 15.0 Å². The van der Waals surface area contributed by atoms with E-state index >= 15 is 0 Å². The van der Waals surface area contributed by atoms with Crippen LogP contribution in [-0.4, -0.2) is 47.1 Å². The number of benzene rings is 1. The molecule has 2 aromatic rings. The fourth-order valence-corrected chi connectivity index (χ4v) is 4.44. The van der Waals surface area contributed by atoms with Gasteiger partial charge in [-0.15, -0.1) is 11.8 Å². The lowest BCUT2D eigenvalue weighted by Crippen LogP contribution is -2.42. The van der Waals surface area contributed by atoms with E-state index in [-0.39, 0.29) is 17.6 Å². The van der Waals surface area contributed by atoms with E-state index in [9.17, 15) is 4.79 Å². The van der Waals surface area contributed by atoms with Crippen LogP contribution in [0.15, 0.2) is 39.4 Å². The zero-order valence-corrected chi connectivity index (χ0v) is 17.6. The number of halogens is 1. The molecule has 0 radical (unpaired) electrons. The number of rotatable bonds is 3. The van der Waals surface area contributed by atoms with E-state index < -0.39 is 0 Å². The van der Waals surface area contributed by atoms with Crippen LogP contribution >= 0.6 is 27.7 Å². The molecule has 2 atom stereocenters. The van der Waals surface area contributed by atoms with Gasteiger partial charge in [-0.3, -0.25) is 9.89 Å². The van der Waals surface area contributed by atoms with Crippen LogP contribution in [0.4, 0.5) is 4.79 Å². The number of nitrogens with one attached hydrogen (secondary N) is 2. The Morgan fingerprint density at radius 3 is 3.04 bits per heavy atom. The lowest BCUT2D eigenvalue weighted by atomic mass is 9.93. The molecule has 2 aliphatic rings. The van der Waals surface area contributed by atoms with Crippen molar-refractivity contribution in [3.05, 3.63) is 45.7 Å². The van der Waals surface area contributed by atoms with E-state index in [1.165, 1.54) is 10.9 Å². The normalized spacial score (nSPS) is 21.6. The number of hydrogen-bond acceptors (Lipinski definition) is 5. The molecule has 2 aliphatic heterocycles. The van der Waals surface area contributed by atoms with E-state index in [2.05, 4.69) is 43.4 Å². The molecule has 27 heavy (non-hydrogen) atoms. The van der Waals surface area contributed by atoms with Gasteiger partial charge in [0, 0.05) is 45.6 Å². The molecule has 2 N–H and O–H groups in total. The van der Waals surface area contributed by atoms with Gasteiger partial charge in [0.05, 0.1) is 6.61 Å². The molecule has 0 bridgehead atoms. The largest absolute Gasteiger partial charge is 0.450 e. The molecule has 2 unspecified atom stereocenters. The van der Waals surface area contributed by atoms with E-state index in [0.717, 1.165) is 27.7 Å². The average Bonchev–Trinajstić information content (AvgIpc) is 3.05. The smallest absolute Gasteiger partial charge is 0.410 e. The number of nitrogens with zero attached hydrogens (tertiary/aromatic N) is 2. The van der Waals surface area contributed by atoms with E-state index in [0.29, 0.717) is 13.2 Å². The number of amides is 1. The standard InChI is InChI=1S/C19H21BrN4O2S/c1-3-26-19(25)24-7-6-13-14-8-12(20)4-5-15(14)23-16(13)17(24)11-9-21-18(27-2)22-10-11/h4-5,8-10,17-18,21,23H,3,6-7H2,1-2H3. The SMILES string of the molecule is CCOC(=O)N1CCc2c([nH]c3ccc(Br)cc23)C1C1=CNC(SC)N=C1. The lowest BCUT2D eigenvalue weighted by Gasteiger charge is -2.36. The van der Waals surface area contributed by atoms with Crippen LogP contribution in [-0.2, 0) is 11.2 Å². The molecule has 142 valence electrons. The summed E-state index contributed by atoms with van der Waals surface area (Å²) in [6.07, 6.45) is 6.32. The first-order chi connectivity index (χ1) is 13.1. The summed E-state index contributed by atoms with van der Waals surface area (Å²) in [6.45, 7) is 2.79. The highest BCUT2D eigenvalue weighted by Gasteiger charge is 2.36. The second-order valence-corrected chi connectivity index (χ2v) is 8.26. The van der Waals surface area contributed by atoms with Crippen molar-refractivity contribution >= 4 is 50.9 Å². The Labute approximate surface area is 170 Å². The van der Waals surface area contributed by atoms with Crippen LogP contribution in [0.2, 0.25) is 0 Å². The molecule has 0 aliphatic carbocycles. The van der Waals surface area contributed by atoms with Gasteiger partial charge in [0.15, 0.2) is 5.50 Å². The number of aliphatic imine (C=N–C) groups is 1. The van der Waals surface area contributed by atoms with Crippen molar-refractivity contribution in [3.63, 3.8) is 0 Å². The van der Waals surface area contributed by atoms with Crippen molar-refractivity contribution in [1.82, 2.24) is 15.2 Å². The van der Waals surface area contributed by atoms with Gasteiger partial charge in [-0.25, -0.2) is 4.79 Å². The van der Waals surface area contributed by atoms with Gasteiger partial charge in [-0.1, -0.05) is 15.9 Å². The van der Waals surface area contributed by atoms with Crippen molar-refractivity contribution in [2.24, 2.45) is 4.99 Å². The highest BCUT2D eigenvalue weighted by atomic mass is 79.9. The third-order valence-corrected chi connectivity index (χ3v) is 6.08. The third kappa shape index (κ3) is 3.36. The number of fused-ring (bicyclic) bond motifs is 3. The molecular formula is C19H21BrN4O2S. The number of carbonyl (C=O) groups is 1. The molecule has 4 rings (SSSR count). The van der Waals surface area contributed by atoms with E-state index in [4.69, 9.17) is 4.74 Å². The van der Waals surface area contributed by atoms with Gasteiger partial charge in [0.1, 0.15) is 6.04 Å². The van der Waals surface area contributed by atoms with E-state index in [1.54, 1.807) is 16.7 Å². The monoisotopic (exact) mass is 448 g/mol. The van der Waals surface area contributed by atoms with Crippen LogP contribution in [0.25, 0.3) is 10.9 Å². The topological polar surface area (TPSA) is 69.7 Å². The Kier molecular flexibility index (Phi) is 5.19. The number of H-pyrrole nitrogens is 1. The average molecular weight is 449 g/mol. The fraction of sp³-hybridized carbons (Fsp3) is 0.368. The van der Waals surface area contributed by atoms with Crippen LogP contribution in [0.5, 0.6) is 0 Å². The lowest BCUT2D eigenvalue weighted by molar-refractivity contribution is 0.0934. The number of carbonyl (C=O) groups excluding carboxylic acids is 1. The molecule has 1 amide bonds. The molecule has 6 nitrogen and oxygen atoms in total. The maximum atomic E-state index is 12.6. The van der Waals surface area contributed by atoms with Crippen molar-refractivity contribution in [3.8, 4) is 0 Å². The summed E-state index contributed by atoms with van der Waals surface area (Å²) >= 11 is 5.19. The van der Waals surface area contributed by atoms with Crippen LogP contribution in [0.1, 0.15) is 24.2 Å². The number of aromatic amines is 1. The minimum Gasteiger partial charge on any atom is -0.450 e. The first-order valence-corrected chi connectivity index (χ1v) is 11.0. The number of ether oxygens (including phenoxy) is 1. The second-order valence-electron chi connectivity index (χ2n) is 6.43. The summed E-state index contributed by atoms with van der Waals surface area (Å²) < 4.78 is 6.37. The molecule has 0 saturated heterocycles. The Balaban J connectivity index is 1.80.